The van der Waals surface area contributed by atoms with Gasteiger partial charge in [-0.2, -0.15) is 5.10 Å². The van der Waals surface area contributed by atoms with E-state index in [1.165, 1.54) is 6.33 Å². The summed E-state index contributed by atoms with van der Waals surface area (Å²) in [5, 5.41) is 4.12. The Balaban J connectivity index is 2.52. The number of ketones is 1. The molecule has 0 spiro atoms. The molecule has 0 N–H and O–H groups in total. The largest absolute Gasteiger partial charge is 0.299 e. The van der Waals surface area contributed by atoms with Crippen molar-refractivity contribution in [3.63, 3.8) is 0 Å². The van der Waals surface area contributed by atoms with E-state index in [2.05, 4.69) is 23.9 Å². The molecule has 0 bridgehead atoms. The summed E-state index contributed by atoms with van der Waals surface area (Å²) in [6.07, 6.45) is 3.13. The third-order valence-electron chi connectivity index (χ3n) is 2.18. The highest BCUT2D eigenvalue weighted by molar-refractivity contribution is 6.17. The van der Waals surface area contributed by atoms with Gasteiger partial charge in [0.2, 0.25) is 0 Å². The van der Waals surface area contributed by atoms with Crippen molar-refractivity contribution in [1.29, 1.82) is 0 Å². The summed E-state index contributed by atoms with van der Waals surface area (Å²) in [5.41, 5.74) is 0. The van der Waals surface area contributed by atoms with E-state index >= 15 is 0 Å². The minimum atomic E-state index is 0.179. The highest BCUT2D eigenvalue weighted by atomic mass is 35.5. The van der Waals surface area contributed by atoms with Crippen molar-refractivity contribution < 1.29 is 4.79 Å². The Labute approximate surface area is 101 Å². The van der Waals surface area contributed by atoms with Crippen LogP contribution in [0.1, 0.15) is 32.5 Å². The van der Waals surface area contributed by atoms with Crippen molar-refractivity contribution >= 4 is 17.4 Å². The lowest BCUT2D eigenvalue weighted by atomic mass is 10.1. The fourth-order valence-corrected chi connectivity index (χ4v) is 1.59. The second-order valence-corrected chi connectivity index (χ2v) is 4.64. The maximum absolute atomic E-state index is 11.6. The van der Waals surface area contributed by atoms with Gasteiger partial charge in [0.1, 0.15) is 17.9 Å². The molecule has 0 fully saturated rings. The van der Waals surface area contributed by atoms with Crippen molar-refractivity contribution in [1.82, 2.24) is 14.8 Å². The maximum atomic E-state index is 11.6. The Hall–Kier alpha value is -0.900. The number of alkyl halides is 1. The second-order valence-electron chi connectivity index (χ2n) is 4.26. The number of carbonyl (C=O) groups is 1. The van der Waals surface area contributed by atoms with Crippen LogP contribution in [0.3, 0.4) is 0 Å². The molecular formula is C11H18ClN3O. The summed E-state index contributed by atoms with van der Waals surface area (Å²) in [5.74, 6) is 1.97. The Kier molecular flexibility index (Phi) is 5.46. The lowest BCUT2D eigenvalue weighted by Gasteiger charge is -2.07. The van der Waals surface area contributed by atoms with Crippen LogP contribution in [0.4, 0.5) is 0 Å². The Morgan fingerprint density at radius 1 is 1.56 bits per heavy atom. The standard InChI is InChI=1S/C11H18ClN3O/c1-9(2)7-15-11(13-8-14-15)6-10(16)4-3-5-12/h8-9H,3-7H2,1-2H3. The number of hydrogen-bond acceptors (Lipinski definition) is 3. The zero-order chi connectivity index (χ0) is 12.0. The first-order valence-electron chi connectivity index (χ1n) is 5.57. The van der Waals surface area contributed by atoms with E-state index in [-0.39, 0.29) is 5.78 Å². The molecule has 4 nitrogen and oxygen atoms in total. The van der Waals surface area contributed by atoms with Crippen molar-refractivity contribution in [3.05, 3.63) is 12.2 Å². The molecule has 0 amide bonds. The van der Waals surface area contributed by atoms with Crippen LogP contribution in [0.25, 0.3) is 0 Å². The summed E-state index contributed by atoms with van der Waals surface area (Å²) in [7, 11) is 0. The van der Waals surface area contributed by atoms with E-state index in [0.29, 0.717) is 24.6 Å². The van der Waals surface area contributed by atoms with Gasteiger partial charge in [-0.15, -0.1) is 11.6 Å². The number of halogens is 1. The Morgan fingerprint density at radius 2 is 2.31 bits per heavy atom. The average Bonchev–Trinajstić information content (AvgIpc) is 2.62. The van der Waals surface area contributed by atoms with E-state index in [1.807, 2.05) is 4.68 Å². The number of nitrogens with zero attached hydrogens (tertiary/aromatic N) is 3. The summed E-state index contributed by atoms with van der Waals surface area (Å²) >= 11 is 5.54. The monoisotopic (exact) mass is 243 g/mol. The van der Waals surface area contributed by atoms with Crippen molar-refractivity contribution in [2.45, 2.75) is 39.7 Å². The van der Waals surface area contributed by atoms with Crippen LogP contribution in [0.15, 0.2) is 6.33 Å². The third kappa shape index (κ3) is 4.31. The first-order valence-corrected chi connectivity index (χ1v) is 6.11. The molecule has 1 aromatic rings. The lowest BCUT2D eigenvalue weighted by molar-refractivity contribution is -0.118. The molecule has 0 aliphatic carbocycles. The van der Waals surface area contributed by atoms with Crippen LogP contribution < -0.4 is 0 Å². The predicted molar refractivity (Wildman–Crippen MR) is 63.5 cm³/mol. The first kappa shape index (κ1) is 13.2. The molecule has 0 saturated carbocycles. The third-order valence-corrected chi connectivity index (χ3v) is 2.45. The molecule has 16 heavy (non-hydrogen) atoms. The van der Waals surface area contributed by atoms with Crippen LogP contribution >= 0.6 is 11.6 Å². The SMILES string of the molecule is CC(C)Cn1ncnc1CC(=O)CCCCl. The fraction of sp³-hybridized carbons (Fsp3) is 0.727. The van der Waals surface area contributed by atoms with Crippen LogP contribution in [0.5, 0.6) is 0 Å². The second kappa shape index (κ2) is 6.63. The molecule has 1 heterocycles. The summed E-state index contributed by atoms with van der Waals surface area (Å²) in [4.78, 5) is 15.7. The molecule has 0 aromatic carbocycles. The number of carbonyl (C=O) groups excluding carboxylic acids is 1. The van der Waals surface area contributed by atoms with Crippen LogP contribution in [-0.4, -0.2) is 26.4 Å². The van der Waals surface area contributed by atoms with E-state index in [9.17, 15) is 4.79 Å². The number of Topliss-reactive ketones (excluding diaryl/α,β-unsaturated/α-hetero) is 1. The topological polar surface area (TPSA) is 47.8 Å². The number of aromatic nitrogens is 3. The molecule has 90 valence electrons. The predicted octanol–water partition coefficient (Wildman–Crippen LogP) is 2.06. The molecule has 0 atom stereocenters. The molecule has 0 aliphatic heterocycles. The van der Waals surface area contributed by atoms with Crippen molar-refractivity contribution in [2.75, 3.05) is 5.88 Å². The minimum Gasteiger partial charge on any atom is -0.299 e. The summed E-state index contributed by atoms with van der Waals surface area (Å²) in [6, 6.07) is 0. The molecule has 0 radical (unpaired) electrons. The van der Waals surface area contributed by atoms with Crippen LogP contribution in [0.2, 0.25) is 0 Å². The van der Waals surface area contributed by atoms with E-state index in [4.69, 9.17) is 11.6 Å². The highest BCUT2D eigenvalue weighted by Gasteiger charge is 2.10. The molecule has 0 saturated heterocycles. The molecule has 0 unspecified atom stereocenters. The average molecular weight is 244 g/mol. The van der Waals surface area contributed by atoms with Gasteiger partial charge >= 0.3 is 0 Å². The van der Waals surface area contributed by atoms with Gasteiger partial charge in [0.15, 0.2) is 0 Å². The molecule has 1 aromatic heterocycles. The quantitative estimate of drug-likeness (QED) is 0.689. The minimum absolute atomic E-state index is 0.179. The van der Waals surface area contributed by atoms with Gasteiger partial charge in [0, 0.05) is 18.8 Å². The molecule has 5 heteroatoms. The van der Waals surface area contributed by atoms with Gasteiger partial charge in [-0.1, -0.05) is 13.8 Å². The maximum Gasteiger partial charge on any atom is 0.140 e. The van der Waals surface area contributed by atoms with Crippen LogP contribution in [0, 0.1) is 5.92 Å². The van der Waals surface area contributed by atoms with E-state index in [1.54, 1.807) is 0 Å². The van der Waals surface area contributed by atoms with Gasteiger partial charge < -0.3 is 0 Å². The normalized spacial score (nSPS) is 11.0. The van der Waals surface area contributed by atoms with Crippen molar-refractivity contribution in [2.24, 2.45) is 5.92 Å². The summed E-state index contributed by atoms with van der Waals surface area (Å²) in [6.45, 7) is 5.03. The smallest absolute Gasteiger partial charge is 0.140 e. The first-order chi connectivity index (χ1) is 7.63. The Morgan fingerprint density at radius 3 is 2.94 bits per heavy atom. The molecule has 1 rings (SSSR count). The van der Waals surface area contributed by atoms with E-state index < -0.39 is 0 Å². The zero-order valence-corrected chi connectivity index (χ0v) is 10.6. The molecule has 0 aliphatic rings. The van der Waals surface area contributed by atoms with Gasteiger partial charge in [-0.05, 0) is 12.3 Å². The fourth-order valence-electron chi connectivity index (χ4n) is 1.45. The number of rotatable bonds is 7. The van der Waals surface area contributed by atoms with Gasteiger partial charge in [-0.3, -0.25) is 4.79 Å². The van der Waals surface area contributed by atoms with Gasteiger partial charge in [0.05, 0.1) is 6.42 Å². The highest BCUT2D eigenvalue weighted by Crippen LogP contribution is 2.04. The number of hydrogen-bond donors (Lipinski definition) is 0. The van der Waals surface area contributed by atoms with Gasteiger partial charge in [-0.25, -0.2) is 9.67 Å². The molecular weight excluding hydrogens is 226 g/mol. The summed E-state index contributed by atoms with van der Waals surface area (Å²) < 4.78 is 1.81. The Bertz CT molecular complexity index is 336. The van der Waals surface area contributed by atoms with E-state index in [0.717, 1.165) is 18.8 Å². The van der Waals surface area contributed by atoms with Crippen molar-refractivity contribution in [3.8, 4) is 0 Å². The lowest BCUT2D eigenvalue weighted by Crippen LogP contribution is -2.14. The van der Waals surface area contributed by atoms with Gasteiger partial charge in [0.25, 0.3) is 0 Å². The zero-order valence-electron chi connectivity index (χ0n) is 9.82. The van der Waals surface area contributed by atoms with Crippen LogP contribution in [-0.2, 0) is 17.8 Å².